The van der Waals surface area contributed by atoms with Crippen LogP contribution in [-0.2, 0) is 6.42 Å². The maximum absolute atomic E-state index is 13.0. The van der Waals surface area contributed by atoms with Gasteiger partial charge in [-0.3, -0.25) is 0 Å². The number of aliphatic hydroxyl groups is 1. The molecule has 1 aromatic rings. The van der Waals surface area contributed by atoms with Crippen LogP contribution in [0, 0.1) is 5.82 Å². The molecule has 2 N–H and O–H groups in total. The summed E-state index contributed by atoms with van der Waals surface area (Å²) in [5.74, 6) is -0.269. The highest BCUT2D eigenvalue weighted by molar-refractivity contribution is 9.10. The fourth-order valence-corrected chi connectivity index (χ4v) is 2.03. The average Bonchev–Trinajstić information content (AvgIpc) is 3.04. The lowest BCUT2D eigenvalue weighted by atomic mass is 10.1. The number of benzene rings is 1. The quantitative estimate of drug-likeness (QED) is 0.871. The average molecular weight is 288 g/mol. The maximum atomic E-state index is 13.0. The molecular formula is C12H15BrFNO. The first-order valence-electron chi connectivity index (χ1n) is 5.50. The summed E-state index contributed by atoms with van der Waals surface area (Å²) in [6, 6.07) is 5.45. The second-order valence-electron chi connectivity index (χ2n) is 4.29. The van der Waals surface area contributed by atoms with Crippen LogP contribution in [0.25, 0.3) is 0 Å². The molecule has 0 saturated heterocycles. The normalized spacial score (nSPS) is 17.4. The molecule has 0 heterocycles. The first-order chi connectivity index (χ1) is 7.65. The Morgan fingerprint density at radius 2 is 2.25 bits per heavy atom. The zero-order valence-electron chi connectivity index (χ0n) is 8.92. The lowest BCUT2D eigenvalue weighted by Crippen LogP contribution is -2.29. The maximum Gasteiger partial charge on any atom is 0.137 e. The topological polar surface area (TPSA) is 32.3 Å². The van der Waals surface area contributed by atoms with E-state index in [1.165, 1.54) is 18.9 Å². The third-order valence-electron chi connectivity index (χ3n) is 2.67. The number of nitrogens with one attached hydrogen (secondary N) is 1. The summed E-state index contributed by atoms with van der Waals surface area (Å²) in [6.45, 7) is 0.611. The van der Waals surface area contributed by atoms with Crippen molar-refractivity contribution in [2.45, 2.75) is 31.4 Å². The fourth-order valence-electron chi connectivity index (χ4n) is 1.60. The highest BCUT2D eigenvalue weighted by atomic mass is 79.9. The van der Waals surface area contributed by atoms with E-state index in [1.807, 2.05) is 0 Å². The van der Waals surface area contributed by atoms with Crippen LogP contribution in [0.3, 0.4) is 0 Å². The van der Waals surface area contributed by atoms with Crippen molar-refractivity contribution < 1.29 is 9.50 Å². The third-order valence-corrected chi connectivity index (χ3v) is 3.28. The van der Waals surface area contributed by atoms with Crippen molar-refractivity contribution in [2.24, 2.45) is 0 Å². The third kappa shape index (κ3) is 3.54. The number of aliphatic hydroxyl groups excluding tert-OH is 1. The Labute approximate surface area is 103 Å². The van der Waals surface area contributed by atoms with Crippen LogP contribution in [-0.4, -0.2) is 23.8 Å². The smallest absolute Gasteiger partial charge is 0.137 e. The minimum atomic E-state index is -0.405. The zero-order chi connectivity index (χ0) is 11.5. The van der Waals surface area contributed by atoms with E-state index >= 15 is 0 Å². The number of hydrogen-bond acceptors (Lipinski definition) is 2. The van der Waals surface area contributed by atoms with E-state index in [9.17, 15) is 9.50 Å². The fraction of sp³-hybridized carbons (Fsp3) is 0.500. The van der Waals surface area contributed by atoms with Gasteiger partial charge in [0.15, 0.2) is 0 Å². The van der Waals surface area contributed by atoms with Crippen LogP contribution in [0.4, 0.5) is 4.39 Å². The van der Waals surface area contributed by atoms with E-state index in [1.54, 1.807) is 12.1 Å². The highest BCUT2D eigenvalue weighted by Gasteiger charge is 2.21. The largest absolute Gasteiger partial charge is 0.391 e. The SMILES string of the molecule is OC(CNC1CC1)Cc1ccc(F)c(Br)c1. The molecule has 0 aliphatic heterocycles. The molecule has 2 nitrogen and oxygen atoms in total. The molecule has 1 aromatic carbocycles. The predicted octanol–water partition coefficient (Wildman–Crippen LogP) is 2.24. The zero-order valence-corrected chi connectivity index (χ0v) is 10.5. The van der Waals surface area contributed by atoms with Crippen molar-refractivity contribution in [1.82, 2.24) is 5.32 Å². The molecule has 16 heavy (non-hydrogen) atoms. The van der Waals surface area contributed by atoms with Crippen LogP contribution < -0.4 is 5.32 Å². The minimum absolute atomic E-state index is 0.269. The first kappa shape index (κ1) is 12.0. The minimum Gasteiger partial charge on any atom is -0.391 e. The van der Waals surface area contributed by atoms with Gasteiger partial charge in [-0.25, -0.2) is 4.39 Å². The van der Waals surface area contributed by atoms with Crippen molar-refractivity contribution in [2.75, 3.05) is 6.54 Å². The van der Waals surface area contributed by atoms with E-state index in [2.05, 4.69) is 21.2 Å². The van der Waals surface area contributed by atoms with Gasteiger partial charge in [-0.15, -0.1) is 0 Å². The van der Waals surface area contributed by atoms with Crippen molar-refractivity contribution >= 4 is 15.9 Å². The molecule has 1 saturated carbocycles. The molecule has 1 fully saturated rings. The lowest BCUT2D eigenvalue weighted by molar-refractivity contribution is 0.171. The molecule has 2 rings (SSSR count). The van der Waals surface area contributed by atoms with Gasteiger partial charge in [0.2, 0.25) is 0 Å². The Bertz CT molecular complexity index is 368. The molecule has 1 aliphatic rings. The van der Waals surface area contributed by atoms with Gasteiger partial charge in [0.05, 0.1) is 10.6 Å². The Morgan fingerprint density at radius 1 is 1.50 bits per heavy atom. The van der Waals surface area contributed by atoms with Crippen molar-refractivity contribution in [3.63, 3.8) is 0 Å². The molecule has 1 atom stereocenters. The van der Waals surface area contributed by atoms with Gasteiger partial charge in [-0.2, -0.15) is 0 Å². The summed E-state index contributed by atoms with van der Waals surface area (Å²) in [5, 5.41) is 13.0. The molecule has 1 unspecified atom stereocenters. The molecule has 1 aliphatic carbocycles. The molecule has 0 aromatic heterocycles. The van der Waals surface area contributed by atoms with Gasteiger partial charge in [0.25, 0.3) is 0 Å². The van der Waals surface area contributed by atoms with E-state index < -0.39 is 6.10 Å². The van der Waals surface area contributed by atoms with Gasteiger partial charge < -0.3 is 10.4 Å². The first-order valence-corrected chi connectivity index (χ1v) is 6.30. The second-order valence-corrected chi connectivity index (χ2v) is 5.14. The molecule has 88 valence electrons. The summed E-state index contributed by atoms with van der Waals surface area (Å²) >= 11 is 3.14. The van der Waals surface area contributed by atoms with Crippen LogP contribution in [0.1, 0.15) is 18.4 Å². The van der Waals surface area contributed by atoms with Crippen LogP contribution >= 0.6 is 15.9 Å². The van der Waals surface area contributed by atoms with Crippen molar-refractivity contribution in [3.05, 3.63) is 34.1 Å². The van der Waals surface area contributed by atoms with Gasteiger partial charge in [0, 0.05) is 12.6 Å². The van der Waals surface area contributed by atoms with Crippen LogP contribution in [0.5, 0.6) is 0 Å². The molecule has 4 heteroatoms. The molecule has 0 radical (unpaired) electrons. The molecule has 0 amide bonds. The number of halogens is 2. The predicted molar refractivity (Wildman–Crippen MR) is 64.8 cm³/mol. The number of rotatable bonds is 5. The summed E-state index contributed by atoms with van der Waals surface area (Å²) in [5.41, 5.74) is 0.943. The van der Waals surface area contributed by atoms with Crippen LogP contribution in [0.15, 0.2) is 22.7 Å². The van der Waals surface area contributed by atoms with Gasteiger partial charge in [-0.05, 0) is 52.9 Å². The Hall–Kier alpha value is -0.450. The van der Waals surface area contributed by atoms with Crippen LogP contribution in [0.2, 0.25) is 0 Å². The molecule has 0 bridgehead atoms. The van der Waals surface area contributed by atoms with E-state index in [0.717, 1.165) is 5.56 Å². The molecule has 0 spiro atoms. The summed E-state index contributed by atoms with van der Waals surface area (Å²) in [4.78, 5) is 0. The summed E-state index contributed by atoms with van der Waals surface area (Å²) in [6.07, 6.45) is 2.58. The summed E-state index contributed by atoms with van der Waals surface area (Å²) in [7, 11) is 0. The van der Waals surface area contributed by atoms with Gasteiger partial charge >= 0.3 is 0 Å². The van der Waals surface area contributed by atoms with E-state index in [4.69, 9.17) is 0 Å². The molecular weight excluding hydrogens is 273 g/mol. The monoisotopic (exact) mass is 287 g/mol. The van der Waals surface area contributed by atoms with Crippen molar-refractivity contribution in [3.8, 4) is 0 Å². The second kappa shape index (κ2) is 5.25. The standard InChI is InChI=1S/C12H15BrFNO/c13-11-6-8(1-4-12(11)14)5-10(16)7-15-9-2-3-9/h1,4,6,9-10,15-16H,2-3,5,7H2. The Kier molecular flexibility index (Phi) is 3.95. The summed E-state index contributed by atoms with van der Waals surface area (Å²) < 4.78 is 13.4. The number of hydrogen-bond donors (Lipinski definition) is 2. The Morgan fingerprint density at radius 3 is 2.88 bits per heavy atom. The lowest BCUT2D eigenvalue weighted by Gasteiger charge is -2.11. The van der Waals surface area contributed by atoms with E-state index in [0.29, 0.717) is 23.5 Å². The van der Waals surface area contributed by atoms with Gasteiger partial charge in [0.1, 0.15) is 5.82 Å². The van der Waals surface area contributed by atoms with E-state index in [-0.39, 0.29) is 5.82 Å². The van der Waals surface area contributed by atoms with Crippen molar-refractivity contribution in [1.29, 1.82) is 0 Å². The van der Waals surface area contributed by atoms with Gasteiger partial charge in [-0.1, -0.05) is 6.07 Å². The highest BCUT2D eigenvalue weighted by Crippen LogP contribution is 2.19. The Balaban J connectivity index is 1.84.